The molecular formula is C28H38N4O4. The van der Waals surface area contributed by atoms with Gasteiger partial charge in [-0.2, -0.15) is 0 Å². The van der Waals surface area contributed by atoms with Crippen molar-refractivity contribution in [3.05, 3.63) is 77.9 Å². The summed E-state index contributed by atoms with van der Waals surface area (Å²) in [6.07, 6.45) is 4.86. The van der Waals surface area contributed by atoms with E-state index in [0.717, 1.165) is 11.1 Å². The molecule has 0 fully saturated rings. The third-order valence-electron chi connectivity index (χ3n) is 5.73. The molecule has 36 heavy (non-hydrogen) atoms. The van der Waals surface area contributed by atoms with Gasteiger partial charge in [-0.15, -0.1) is 0 Å². The molecule has 2 aromatic rings. The zero-order valence-corrected chi connectivity index (χ0v) is 21.3. The highest BCUT2D eigenvalue weighted by molar-refractivity contribution is 5.90. The fourth-order valence-corrected chi connectivity index (χ4v) is 3.73. The smallest absolute Gasteiger partial charge is 0.268 e. The van der Waals surface area contributed by atoms with Gasteiger partial charge in [0.15, 0.2) is 0 Å². The van der Waals surface area contributed by atoms with Gasteiger partial charge in [-0.05, 0) is 43.2 Å². The van der Waals surface area contributed by atoms with Crippen molar-refractivity contribution in [2.45, 2.75) is 58.5 Å². The molecule has 2 aromatic carbocycles. The van der Waals surface area contributed by atoms with E-state index in [9.17, 15) is 19.6 Å². The summed E-state index contributed by atoms with van der Waals surface area (Å²) in [4.78, 5) is 39.6. The van der Waals surface area contributed by atoms with Crippen molar-refractivity contribution in [2.24, 2.45) is 11.7 Å². The number of benzene rings is 2. The van der Waals surface area contributed by atoms with Gasteiger partial charge in [0.25, 0.3) is 11.8 Å². The van der Waals surface area contributed by atoms with Crippen molar-refractivity contribution in [2.75, 3.05) is 6.54 Å². The Morgan fingerprint density at radius 2 is 1.61 bits per heavy atom. The lowest BCUT2D eigenvalue weighted by molar-refractivity contribution is -0.174. The fourth-order valence-electron chi connectivity index (χ4n) is 3.73. The number of nitrogens with one attached hydrogen (secondary N) is 1. The summed E-state index contributed by atoms with van der Waals surface area (Å²) in [6, 6.07) is 17.0. The average molecular weight is 495 g/mol. The van der Waals surface area contributed by atoms with Gasteiger partial charge in [0.1, 0.15) is 6.04 Å². The molecule has 0 aliphatic rings. The number of amides is 3. The molecule has 0 heterocycles. The topological polar surface area (TPSA) is 116 Å². The van der Waals surface area contributed by atoms with Crippen LogP contribution in [0, 0.1) is 5.92 Å². The molecule has 8 heteroatoms. The minimum Gasteiger partial charge on any atom is -0.320 e. The molecule has 2 atom stereocenters. The highest BCUT2D eigenvalue weighted by Gasteiger charge is 2.36. The summed E-state index contributed by atoms with van der Waals surface area (Å²) >= 11 is 0. The van der Waals surface area contributed by atoms with Crippen LogP contribution in [0.15, 0.2) is 66.7 Å². The van der Waals surface area contributed by atoms with Crippen molar-refractivity contribution in [3.8, 4) is 0 Å². The number of hydrazine groups is 1. The first-order valence-corrected chi connectivity index (χ1v) is 12.3. The summed E-state index contributed by atoms with van der Waals surface area (Å²) in [5.41, 5.74) is 9.53. The number of nitrogens with two attached hydrogens (primary N) is 1. The van der Waals surface area contributed by atoms with Gasteiger partial charge >= 0.3 is 0 Å². The van der Waals surface area contributed by atoms with Crippen molar-refractivity contribution < 1.29 is 19.6 Å². The van der Waals surface area contributed by atoms with Gasteiger partial charge < -0.3 is 5.73 Å². The number of hydrogen-bond acceptors (Lipinski definition) is 5. The molecule has 8 nitrogen and oxygen atoms in total. The van der Waals surface area contributed by atoms with Crippen LogP contribution >= 0.6 is 0 Å². The minimum absolute atomic E-state index is 0.0861. The molecule has 4 N–H and O–H groups in total. The van der Waals surface area contributed by atoms with E-state index >= 15 is 0 Å². The van der Waals surface area contributed by atoms with E-state index in [1.165, 1.54) is 10.0 Å². The van der Waals surface area contributed by atoms with Crippen molar-refractivity contribution >= 4 is 23.8 Å². The Hall–Kier alpha value is -3.49. The van der Waals surface area contributed by atoms with Crippen molar-refractivity contribution in [1.29, 1.82) is 0 Å². The highest BCUT2D eigenvalue weighted by Crippen LogP contribution is 2.18. The Balaban J connectivity index is 2.44. The number of rotatable bonds is 12. The van der Waals surface area contributed by atoms with E-state index in [1.54, 1.807) is 18.5 Å². The van der Waals surface area contributed by atoms with Gasteiger partial charge in [-0.1, -0.05) is 86.7 Å². The van der Waals surface area contributed by atoms with Crippen LogP contribution in [0.3, 0.4) is 0 Å². The molecule has 194 valence electrons. The van der Waals surface area contributed by atoms with E-state index < -0.39 is 23.9 Å². The maximum absolute atomic E-state index is 13.5. The zero-order chi connectivity index (χ0) is 26.5. The third-order valence-corrected chi connectivity index (χ3v) is 5.73. The Kier molecular flexibility index (Phi) is 11.8. The maximum Gasteiger partial charge on any atom is 0.268 e. The molecule has 0 saturated heterocycles. The summed E-state index contributed by atoms with van der Waals surface area (Å²) in [5.74, 6) is -1.40. The van der Waals surface area contributed by atoms with Crippen LogP contribution in [0.25, 0.3) is 6.08 Å². The zero-order valence-electron chi connectivity index (χ0n) is 21.3. The van der Waals surface area contributed by atoms with Gasteiger partial charge in [0.05, 0.1) is 6.04 Å². The number of hydroxylamine groups is 1. The first-order chi connectivity index (χ1) is 17.2. The highest BCUT2D eigenvalue weighted by atomic mass is 16.5. The van der Waals surface area contributed by atoms with Gasteiger partial charge in [0, 0.05) is 13.0 Å². The molecule has 0 aromatic heterocycles. The Labute approximate surface area is 213 Å². The summed E-state index contributed by atoms with van der Waals surface area (Å²) in [5, 5.41) is 12.0. The maximum atomic E-state index is 13.5. The molecule has 0 saturated carbocycles. The van der Waals surface area contributed by atoms with Crippen LogP contribution in [0.2, 0.25) is 0 Å². The largest absolute Gasteiger partial charge is 0.320 e. The minimum atomic E-state index is -1.15. The van der Waals surface area contributed by atoms with E-state index in [-0.39, 0.29) is 31.2 Å². The molecule has 0 radical (unpaired) electrons. The van der Waals surface area contributed by atoms with E-state index in [4.69, 9.17) is 5.73 Å². The second-order valence-electron chi connectivity index (χ2n) is 9.20. The lowest BCUT2D eigenvalue weighted by Gasteiger charge is -2.40. The second-order valence-corrected chi connectivity index (χ2v) is 9.20. The number of carbonyl (C=O) groups is 3. The van der Waals surface area contributed by atoms with Crippen LogP contribution in [-0.2, 0) is 20.8 Å². The lowest BCUT2D eigenvalue weighted by atomic mass is 10.1. The summed E-state index contributed by atoms with van der Waals surface area (Å²) in [7, 11) is 0. The molecule has 0 aliphatic heterocycles. The lowest BCUT2D eigenvalue weighted by Crippen LogP contribution is -2.61. The van der Waals surface area contributed by atoms with E-state index in [0.29, 0.717) is 12.8 Å². The first kappa shape index (κ1) is 28.7. The van der Waals surface area contributed by atoms with E-state index in [2.05, 4.69) is 0 Å². The summed E-state index contributed by atoms with van der Waals surface area (Å²) < 4.78 is 0. The van der Waals surface area contributed by atoms with Crippen LogP contribution in [0.4, 0.5) is 0 Å². The van der Waals surface area contributed by atoms with Gasteiger partial charge in [-0.25, -0.2) is 15.5 Å². The average Bonchev–Trinajstić information content (AvgIpc) is 2.88. The Bertz CT molecular complexity index is 993. The molecular weight excluding hydrogens is 456 g/mol. The molecule has 3 amide bonds. The predicted octanol–water partition coefficient (Wildman–Crippen LogP) is 3.56. The van der Waals surface area contributed by atoms with Crippen molar-refractivity contribution in [1.82, 2.24) is 15.5 Å². The SMILES string of the molecule is CC(C)CCC(=O)N([C@@H](CC=Cc1ccccc1)C(=O)NO)N(CCc1ccccc1)C(=O)[C@@H](C)N. The predicted molar refractivity (Wildman–Crippen MR) is 140 cm³/mol. The molecule has 0 aliphatic carbocycles. The quantitative estimate of drug-likeness (QED) is 0.308. The number of carbonyl (C=O) groups excluding carboxylic acids is 3. The third kappa shape index (κ3) is 8.94. The molecule has 0 unspecified atom stereocenters. The Morgan fingerprint density at radius 3 is 2.17 bits per heavy atom. The van der Waals surface area contributed by atoms with Crippen LogP contribution in [0.1, 0.15) is 51.2 Å². The standard InChI is InChI=1S/C28H38N4O4/c1-21(2)17-18-26(33)32(25(27(34)30-36)16-10-15-23-11-6-4-7-12-23)31(28(35)22(3)29)20-19-24-13-8-5-9-14-24/h4-15,21-22,25,36H,16-20,29H2,1-3H3,(H,30,34)/t22-,25+/m1/s1. The molecule has 0 spiro atoms. The Morgan fingerprint density at radius 1 is 1.00 bits per heavy atom. The fraction of sp³-hybridized carbons (Fsp3) is 0.393. The molecule has 0 bridgehead atoms. The second kappa shape index (κ2) is 14.8. The first-order valence-electron chi connectivity index (χ1n) is 12.3. The molecule has 2 rings (SSSR count). The van der Waals surface area contributed by atoms with Gasteiger partial charge in [-0.3, -0.25) is 19.6 Å². The van der Waals surface area contributed by atoms with E-state index in [1.807, 2.05) is 80.6 Å². The van der Waals surface area contributed by atoms with Crippen LogP contribution in [0.5, 0.6) is 0 Å². The van der Waals surface area contributed by atoms with Crippen LogP contribution < -0.4 is 11.2 Å². The van der Waals surface area contributed by atoms with Gasteiger partial charge in [0.2, 0.25) is 5.91 Å². The van der Waals surface area contributed by atoms with Crippen molar-refractivity contribution in [3.63, 3.8) is 0 Å². The normalized spacial score (nSPS) is 12.8. The summed E-state index contributed by atoms with van der Waals surface area (Å²) in [6.45, 7) is 5.69. The number of hydrogen-bond donors (Lipinski definition) is 3. The monoisotopic (exact) mass is 494 g/mol. The number of nitrogens with zero attached hydrogens (tertiary/aromatic N) is 2. The van der Waals surface area contributed by atoms with Crippen LogP contribution in [-0.4, -0.2) is 51.6 Å².